The quantitative estimate of drug-likeness (QED) is 0.286. The van der Waals surface area contributed by atoms with E-state index in [0.29, 0.717) is 49.2 Å². The standard InChI is InChI=1S/C29H26Cl2N6O2S2/c1-15-5-4-6-17(9-15)34-23(39)14-40-28-36-35-27(41-28)37-21-11-29(2,3)12-22(38)25(21)24(18(13-32)26(37)33)16-7-8-19(30)20(31)10-16/h4-10,24H,11-12,14,33H2,1-3H3,(H,34,39). The number of carbonyl (C=O) groups is 2. The summed E-state index contributed by atoms with van der Waals surface area (Å²) in [5.41, 5.74) is 10.2. The van der Waals surface area contributed by atoms with Crippen molar-refractivity contribution in [2.24, 2.45) is 11.1 Å². The third-order valence-corrected chi connectivity index (χ3v) is 9.65. The first kappa shape index (κ1) is 29.1. The van der Waals surface area contributed by atoms with Gasteiger partial charge in [-0.2, -0.15) is 5.26 Å². The van der Waals surface area contributed by atoms with Crippen molar-refractivity contribution in [3.8, 4) is 6.07 Å². The number of rotatable bonds is 6. The zero-order chi connectivity index (χ0) is 29.5. The molecule has 3 N–H and O–H groups in total. The van der Waals surface area contributed by atoms with E-state index >= 15 is 0 Å². The lowest BCUT2D eigenvalue weighted by Crippen LogP contribution is -2.42. The van der Waals surface area contributed by atoms with Crippen molar-refractivity contribution in [3.63, 3.8) is 0 Å². The van der Waals surface area contributed by atoms with E-state index in [4.69, 9.17) is 28.9 Å². The van der Waals surface area contributed by atoms with Crippen LogP contribution in [0.5, 0.6) is 0 Å². The molecule has 0 saturated carbocycles. The number of ketones is 1. The van der Waals surface area contributed by atoms with Gasteiger partial charge in [-0.05, 0) is 54.2 Å². The zero-order valence-electron chi connectivity index (χ0n) is 22.5. The van der Waals surface area contributed by atoms with Crippen LogP contribution >= 0.6 is 46.3 Å². The monoisotopic (exact) mass is 624 g/mol. The fraction of sp³-hybridized carbons (Fsp3) is 0.276. The second-order valence-electron chi connectivity index (χ2n) is 10.7. The molecule has 8 nitrogen and oxygen atoms in total. The second-order valence-corrected chi connectivity index (χ2v) is 13.7. The number of Topliss-reactive ketones (excluding diaryl/α,β-unsaturated/α-hetero) is 1. The predicted molar refractivity (Wildman–Crippen MR) is 164 cm³/mol. The minimum Gasteiger partial charge on any atom is -0.384 e. The van der Waals surface area contributed by atoms with Crippen LogP contribution in [-0.4, -0.2) is 27.6 Å². The minimum absolute atomic E-state index is 0.0653. The second kappa shape index (κ2) is 11.5. The van der Waals surface area contributed by atoms with Crippen molar-refractivity contribution in [3.05, 3.63) is 86.3 Å². The largest absolute Gasteiger partial charge is 0.384 e. The maximum atomic E-state index is 13.7. The molecule has 0 bridgehead atoms. The van der Waals surface area contributed by atoms with Gasteiger partial charge in [0.05, 0.1) is 33.4 Å². The van der Waals surface area contributed by atoms with Crippen LogP contribution in [0.3, 0.4) is 0 Å². The highest BCUT2D eigenvalue weighted by atomic mass is 35.5. The summed E-state index contributed by atoms with van der Waals surface area (Å²) >= 11 is 15.0. The summed E-state index contributed by atoms with van der Waals surface area (Å²) in [5.74, 6) is -0.606. The molecule has 0 fully saturated rings. The number of nitrogens with one attached hydrogen (secondary N) is 1. The van der Waals surface area contributed by atoms with Gasteiger partial charge >= 0.3 is 0 Å². The molecule has 41 heavy (non-hydrogen) atoms. The molecule has 1 aromatic heterocycles. The van der Waals surface area contributed by atoms with Gasteiger partial charge in [-0.1, -0.05) is 78.3 Å². The normalized spacial score (nSPS) is 18.3. The Balaban J connectivity index is 1.48. The molecular weight excluding hydrogens is 599 g/mol. The van der Waals surface area contributed by atoms with E-state index in [2.05, 4.69) is 21.6 Å². The summed E-state index contributed by atoms with van der Waals surface area (Å²) < 4.78 is 0.556. The highest BCUT2D eigenvalue weighted by molar-refractivity contribution is 8.01. The third kappa shape index (κ3) is 5.99. The van der Waals surface area contributed by atoms with Crippen molar-refractivity contribution in [2.75, 3.05) is 16.0 Å². The maximum absolute atomic E-state index is 13.7. The number of nitrogens with two attached hydrogens (primary N) is 1. The number of amides is 1. The molecule has 1 atom stereocenters. The average Bonchev–Trinajstić information content (AvgIpc) is 3.36. The van der Waals surface area contributed by atoms with Crippen molar-refractivity contribution >= 4 is 68.8 Å². The van der Waals surface area contributed by atoms with Gasteiger partial charge in [-0.3, -0.25) is 14.5 Å². The highest BCUT2D eigenvalue weighted by Crippen LogP contribution is 2.51. The zero-order valence-corrected chi connectivity index (χ0v) is 25.6. The van der Waals surface area contributed by atoms with Crippen molar-refractivity contribution in [1.29, 1.82) is 5.26 Å². The number of halogens is 2. The molecule has 210 valence electrons. The molecule has 2 aliphatic rings. The Morgan fingerprint density at radius 1 is 1.22 bits per heavy atom. The van der Waals surface area contributed by atoms with E-state index < -0.39 is 5.92 Å². The number of thioether (sulfide) groups is 1. The van der Waals surface area contributed by atoms with E-state index in [-0.39, 0.29) is 34.3 Å². The molecule has 0 spiro atoms. The first-order chi connectivity index (χ1) is 19.5. The number of hydrogen-bond donors (Lipinski definition) is 2. The lowest BCUT2D eigenvalue weighted by molar-refractivity contribution is -0.118. The van der Waals surface area contributed by atoms with E-state index in [9.17, 15) is 14.9 Å². The van der Waals surface area contributed by atoms with Gasteiger partial charge in [0, 0.05) is 23.4 Å². The Morgan fingerprint density at radius 2 is 2.00 bits per heavy atom. The lowest BCUT2D eigenvalue weighted by atomic mass is 9.69. The minimum atomic E-state index is -0.684. The summed E-state index contributed by atoms with van der Waals surface area (Å²) in [6.45, 7) is 6.00. The van der Waals surface area contributed by atoms with Crippen molar-refractivity contribution in [2.45, 2.75) is 43.9 Å². The number of nitrogens with zero attached hydrogens (tertiary/aromatic N) is 4. The molecule has 1 unspecified atom stereocenters. The molecule has 12 heteroatoms. The van der Waals surface area contributed by atoms with Crippen molar-refractivity contribution in [1.82, 2.24) is 10.2 Å². The SMILES string of the molecule is Cc1cccc(NC(=O)CSc2nnc(N3C(N)=C(C#N)C(c4ccc(Cl)c(Cl)c4)C4=C3CC(C)(C)CC4=O)s2)c1. The Labute approximate surface area is 256 Å². The number of benzene rings is 2. The molecule has 1 aliphatic carbocycles. The number of allylic oxidation sites excluding steroid dienone is 3. The summed E-state index contributed by atoms with van der Waals surface area (Å²) in [4.78, 5) is 27.9. The van der Waals surface area contributed by atoms with E-state index in [1.807, 2.05) is 45.0 Å². The van der Waals surface area contributed by atoms with E-state index in [1.54, 1.807) is 23.1 Å². The van der Waals surface area contributed by atoms with Crippen LogP contribution in [0.15, 0.2) is 69.5 Å². The molecular formula is C29H26Cl2N6O2S2. The molecule has 3 aromatic rings. The van der Waals surface area contributed by atoms with Gasteiger partial charge in [0.25, 0.3) is 0 Å². The molecule has 1 amide bonds. The number of hydrogen-bond acceptors (Lipinski definition) is 9. The van der Waals surface area contributed by atoms with Crippen LogP contribution in [0.1, 0.15) is 43.7 Å². The summed E-state index contributed by atoms with van der Waals surface area (Å²) in [5, 5.41) is 22.9. The number of anilines is 2. The van der Waals surface area contributed by atoms with Gasteiger partial charge in [-0.25, -0.2) is 0 Å². The maximum Gasteiger partial charge on any atom is 0.234 e. The first-order valence-corrected chi connectivity index (χ1v) is 15.3. The van der Waals surface area contributed by atoms with E-state index in [0.717, 1.165) is 11.3 Å². The van der Waals surface area contributed by atoms with Crippen molar-refractivity contribution < 1.29 is 9.59 Å². The molecule has 5 rings (SSSR count). The first-order valence-electron chi connectivity index (χ1n) is 12.7. The van der Waals surface area contributed by atoms with Crippen LogP contribution in [0.25, 0.3) is 0 Å². The topological polar surface area (TPSA) is 125 Å². The number of aromatic nitrogens is 2. The van der Waals surface area contributed by atoms with Crippen LogP contribution in [-0.2, 0) is 9.59 Å². The summed E-state index contributed by atoms with van der Waals surface area (Å²) in [7, 11) is 0. The van der Waals surface area contributed by atoms with Gasteiger partial charge in [0.1, 0.15) is 5.82 Å². The molecule has 2 heterocycles. The summed E-state index contributed by atoms with van der Waals surface area (Å²) in [6, 6.07) is 14.9. The number of carbonyl (C=O) groups excluding carboxylic acids is 2. The molecule has 2 aromatic carbocycles. The lowest BCUT2D eigenvalue weighted by Gasteiger charge is -2.42. The molecule has 0 radical (unpaired) electrons. The summed E-state index contributed by atoms with van der Waals surface area (Å²) in [6.07, 6.45) is 0.857. The van der Waals surface area contributed by atoms with Crippen LogP contribution in [0.2, 0.25) is 10.0 Å². The molecule has 1 aliphatic heterocycles. The Morgan fingerprint density at radius 3 is 2.71 bits per heavy atom. The highest BCUT2D eigenvalue weighted by Gasteiger charge is 2.45. The number of nitriles is 1. The van der Waals surface area contributed by atoms with Crippen LogP contribution in [0, 0.1) is 23.7 Å². The Hall–Kier alpha value is -3.36. The Bertz CT molecular complexity index is 1670. The number of aryl methyl sites for hydroxylation is 1. The predicted octanol–water partition coefficient (Wildman–Crippen LogP) is 6.83. The van der Waals surface area contributed by atoms with Crippen LogP contribution in [0.4, 0.5) is 10.8 Å². The van der Waals surface area contributed by atoms with Gasteiger partial charge in [-0.15, -0.1) is 10.2 Å². The van der Waals surface area contributed by atoms with Gasteiger partial charge in [0.15, 0.2) is 10.1 Å². The molecule has 0 saturated heterocycles. The smallest absolute Gasteiger partial charge is 0.234 e. The average molecular weight is 626 g/mol. The third-order valence-electron chi connectivity index (χ3n) is 6.87. The van der Waals surface area contributed by atoms with Gasteiger partial charge < -0.3 is 11.1 Å². The van der Waals surface area contributed by atoms with Crippen LogP contribution < -0.4 is 16.0 Å². The fourth-order valence-corrected chi connectivity index (χ4v) is 7.14. The van der Waals surface area contributed by atoms with E-state index in [1.165, 1.54) is 23.1 Å². The Kier molecular flexibility index (Phi) is 8.17. The van der Waals surface area contributed by atoms with Gasteiger partial charge in [0.2, 0.25) is 11.0 Å². The fourth-order valence-electron chi connectivity index (χ4n) is 5.15.